The predicted molar refractivity (Wildman–Crippen MR) is 64.9 cm³/mol. The average molecular weight is 238 g/mol. The van der Waals surface area contributed by atoms with Crippen LogP contribution in [0.5, 0.6) is 11.5 Å². The number of amides is 1. The van der Waals surface area contributed by atoms with Crippen molar-refractivity contribution in [1.29, 1.82) is 0 Å². The highest BCUT2D eigenvalue weighted by Gasteiger charge is 2.18. The van der Waals surface area contributed by atoms with E-state index in [0.29, 0.717) is 6.54 Å². The number of para-hydroxylation sites is 1. The Morgan fingerprint density at radius 1 is 1.41 bits per heavy atom. The van der Waals surface area contributed by atoms with E-state index in [1.54, 1.807) is 0 Å². The fourth-order valence-electron chi connectivity index (χ4n) is 1.46. The lowest BCUT2D eigenvalue weighted by atomic mass is 10.0. The molecule has 0 bridgehead atoms. The predicted octanol–water partition coefficient (Wildman–Crippen LogP) is 0.811. The second-order valence-electron chi connectivity index (χ2n) is 4.23. The van der Waals surface area contributed by atoms with Gasteiger partial charge in [-0.3, -0.25) is 4.79 Å². The van der Waals surface area contributed by atoms with E-state index in [0.717, 1.165) is 0 Å². The SMILES string of the molecule is CC(C)C(CN)NC(=O)c1cccc(O)c1O. The lowest BCUT2D eigenvalue weighted by Gasteiger charge is -2.20. The van der Waals surface area contributed by atoms with E-state index >= 15 is 0 Å². The molecule has 0 saturated carbocycles. The lowest BCUT2D eigenvalue weighted by molar-refractivity contribution is 0.0924. The second-order valence-corrected chi connectivity index (χ2v) is 4.23. The van der Waals surface area contributed by atoms with Gasteiger partial charge in [0, 0.05) is 12.6 Å². The van der Waals surface area contributed by atoms with Gasteiger partial charge in [-0.2, -0.15) is 0 Å². The Morgan fingerprint density at radius 3 is 2.59 bits per heavy atom. The maximum absolute atomic E-state index is 11.9. The van der Waals surface area contributed by atoms with E-state index in [1.165, 1.54) is 18.2 Å². The fraction of sp³-hybridized carbons (Fsp3) is 0.417. The molecule has 0 aromatic heterocycles. The molecule has 94 valence electrons. The van der Waals surface area contributed by atoms with Gasteiger partial charge in [-0.15, -0.1) is 0 Å². The molecule has 1 atom stereocenters. The number of benzene rings is 1. The van der Waals surface area contributed by atoms with Crippen LogP contribution in [0.4, 0.5) is 0 Å². The van der Waals surface area contributed by atoms with Gasteiger partial charge in [-0.05, 0) is 18.1 Å². The van der Waals surface area contributed by atoms with Crippen LogP contribution in [0, 0.1) is 5.92 Å². The van der Waals surface area contributed by atoms with E-state index in [2.05, 4.69) is 5.32 Å². The molecule has 1 rings (SSSR count). The summed E-state index contributed by atoms with van der Waals surface area (Å²) in [6.45, 7) is 4.21. The minimum absolute atomic E-state index is 0.0455. The maximum atomic E-state index is 11.9. The third-order valence-corrected chi connectivity index (χ3v) is 2.63. The number of rotatable bonds is 4. The van der Waals surface area contributed by atoms with Crippen molar-refractivity contribution in [3.05, 3.63) is 23.8 Å². The summed E-state index contributed by atoms with van der Waals surface area (Å²) in [4.78, 5) is 11.9. The van der Waals surface area contributed by atoms with Gasteiger partial charge in [-0.25, -0.2) is 0 Å². The first-order chi connectivity index (χ1) is 7.97. The first kappa shape index (κ1) is 13.3. The van der Waals surface area contributed by atoms with Crippen molar-refractivity contribution in [3.8, 4) is 11.5 Å². The van der Waals surface area contributed by atoms with Crippen LogP contribution in [0.1, 0.15) is 24.2 Å². The van der Waals surface area contributed by atoms with Gasteiger partial charge in [0.25, 0.3) is 5.91 Å². The summed E-state index contributed by atoms with van der Waals surface area (Å²) in [6.07, 6.45) is 0. The number of carbonyl (C=O) groups excluding carboxylic acids is 1. The Morgan fingerprint density at radius 2 is 2.06 bits per heavy atom. The van der Waals surface area contributed by atoms with Crippen molar-refractivity contribution in [2.45, 2.75) is 19.9 Å². The highest BCUT2D eigenvalue weighted by Crippen LogP contribution is 2.28. The van der Waals surface area contributed by atoms with Crippen LogP contribution in [0.25, 0.3) is 0 Å². The smallest absolute Gasteiger partial charge is 0.255 e. The topological polar surface area (TPSA) is 95.6 Å². The normalized spacial score (nSPS) is 12.5. The number of aromatic hydroxyl groups is 2. The summed E-state index contributed by atoms with van der Waals surface area (Å²) in [5.74, 6) is -0.970. The summed E-state index contributed by atoms with van der Waals surface area (Å²) in [6, 6.07) is 4.09. The fourth-order valence-corrected chi connectivity index (χ4v) is 1.46. The molecule has 0 fully saturated rings. The Labute approximate surface area is 100 Å². The molecule has 0 aliphatic carbocycles. The van der Waals surface area contributed by atoms with Crippen LogP contribution in [0.15, 0.2) is 18.2 Å². The lowest BCUT2D eigenvalue weighted by Crippen LogP contribution is -2.43. The standard InChI is InChI=1S/C12H18N2O3/c1-7(2)9(6-13)14-12(17)8-4-3-5-10(15)11(8)16/h3-5,7,9,15-16H,6,13H2,1-2H3,(H,14,17). The number of phenols is 2. The van der Waals surface area contributed by atoms with Crippen LogP contribution in [-0.2, 0) is 0 Å². The molecule has 0 saturated heterocycles. The van der Waals surface area contributed by atoms with E-state index in [-0.39, 0.29) is 23.3 Å². The highest BCUT2D eigenvalue weighted by molar-refractivity contribution is 5.97. The molecule has 5 N–H and O–H groups in total. The largest absolute Gasteiger partial charge is 0.504 e. The molecule has 0 spiro atoms. The molecule has 1 amide bonds. The second kappa shape index (κ2) is 5.54. The number of hydrogen-bond donors (Lipinski definition) is 4. The summed E-state index contributed by atoms with van der Waals surface area (Å²) in [5, 5.41) is 21.6. The molecular weight excluding hydrogens is 220 g/mol. The summed E-state index contributed by atoms with van der Waals surface area (Å²) in [7, 11) is 0. The molecule has 1 unspecified atom stereocenters. The van der Waals surface area contributed by atoms with Crippen molar-refractivity contribution < 1.29 is 15.0 Å². The van der Waals surface area contributed by atoms with Crippen molar-refractivity contribution in [2.75, 3.05) is 6.54 Å². The van der Waals surface area contributed by atoms with Crippen LogP contribution in [-0.4, -0.2) is 28.7 Å². The molecule has 0 aliphatic heterocycles. The summed E-state index contributed by atoms with van der Waals surface area (Å²) in [5.41, 5.74) is 5.59. The van der Waals surface area contributed by atoms with Gasteiger partial charge in [-0.1, -0.05) is 19.9 Å². The van der Waals surface area contributed by atoms with Gasteiger partial charge < -0.3 is 21.3 Å². The van der Waals surface area contributed by atoms with Gasteiger partial charge in [0.15, 0.2) is 11.5 Å². The van der Waals surface area contributed by atoms with Gasteiger partial charge in [0.05, 0.1) is 5.56 Å². The first-order valence-corrected chi connectivity index (χ1v) is 5.49. The third-order valence-electron chi connectivity index (χ3n) is 2.63. The van der Waals surface area contributed by atoms with Crippen LogP contribution in [0.2, 0.25) is 0 Å². The van der Waals surface area contributed by atoms with Crippen LogP contribution in [0.3, 0.4) is 0 Å². The Hall–Kier alpha value is -1.75. The van der Waals surface area contributed by atoms with Gasteiger partial charge in [0.1, 0.15) is 0 Å². The minimum atomic E-state index is -0.442. The van der Waals surface area contributed by atoms with Crippen molar-refractivity contribution in [3.63, 3.8) is 0 Å². The van der Waals surface area contributed by atoms with Crippen molar-refractivity contribution >= 4 is 5.91 Å². The van der Waals surface area contributed by atoms with Crippen LogP contribution >= 0.6 is 0 Å². The first-order valence-electron chi connectivity index (χ1n) is 5.49. The van der Waals surface area contributed by atoms with Crippen molar-refractivity contribution in [1.82, 2.24) is 5.32 Å². The molecule has 0 heterocycles. The minimum Gasteiger partial charge on any atom is -0.504 e. The van der Waals surface area contributed by atoms with Crippen LogP contribution < -0.4 is 11.1 Å². The zero-order chi connectivity index (χ0) is 13.0. The Balaban J connectivity index is 2.86. The number of hydrogen-bond acceptors (Lipinski definition) is 4. The number of nitrogens with one attached hydrogen (secondary N) is 1. The monoisotopic (exact) mass is 238 g/mol. The quantitative estimate of drug-likeness (QED) is 0.584. The summed E-state index contributed by atoms with van der Waals surface area (Å²) >= 11 is 0. The molecule has 1 aromatic carbocycles. The summed E-state index contributed by atoms with van der Waals surface area (Å²) < 4.78 is 0. The molecule has 0 radical (unpaired) electrons. The molecule has 5 nitrogen and oxygen atoms in total. The molecule has 17 heavy (non-hydrogen) atoms. The number of carbonyl (C=O) groups is 1. The van der Waals surface area contributed by atoms with Crippen molar-refractivity contribution in [2.24, 2.45) is 11.7 Å². The van der Waals surface area contributed by atoms with Gasteiger partial charge in [0.2, 0.25) is 0 Å². The van der Waals surface area contributed by atoms with E-state index in [1.807, 2.05) is 13.8 Å². The van der Waals surface area contributed by atoms with Gasteiger partial charge >= 0.3 is 0 Å². The zero-order valence-electron chi connectivity index (χ0n) is 9.97. The molecule has 1 aromatic rings. The average Bonchev–Trinajstić information content (AvgIpc) is 2.28. The molecular formula is C12H18N2O3. The molecule has 0 aliphatic rings. The third kappa shape index (κ3) is 3.10. The maximum Gasteiger partial charge on any atom is 0.255 e. The number of phenolic OH excluding ortho intramolecular Hbond substituents is 2. The Kier molecular flexibility index (Phi) is 4.34. The molecule has 5 heteroatoms. The zero-order valence-corrected chi connectivity index (χ0v) is 9.97. The van der Waals surface area contributed by atoms with E-state index in [9.17, 15) is 15.0 Å². The number of nitrogens with two attached hydrogens (primary N) is 1. The highest BCUT2D eigenvalue weighted by atomic mass is 16.3. The Bertz CT molecular complexity index is 405. The van der Waals surface area contributed by atoms with E-state index < -0.39 is 11.7 Å². The van der Waals surface area contributed by atoms with E-state index in [4.69, 9.17) is 5.73 Å².